The molecule has 0 spiro atoms. The van der Waals surface area contributed by atoms with Gasteiger partial charge in [0.2, 0.25) is 11.8 Å². The Hall–Kier alpha value is -2.29. The van der Waals surface area contributed by atoms with Gasteiger partial charge in [-0.1, -0.05) is 34.6 Å². The second-order valence-electron chi connectivity index (χ2n) is 5.08. The number of carbonyl (C=O) groups is 2. The Morgan fingerprint density at radius 2 is 2.04 bits per heavy atom. The molecule has 0 aliphatic carbocycles. The third kappa shape index (κ3) is 4.16. The Morgan fingerprint density at radius 3 is 2.62 bits per heavy atom. The molecule has 2 rings (SSSR count). The minimum Gasteiger partial charge on any atom is -0.325 e. The Morgan fingerprint density at radius 1 is 1.38 bits per heavy atom. The average Bonchev–Trinajstić information content (AvgIpc) is 2.55. The van der Waals surface area contributed by atoms with Gasteiger partial charge in [0, 0.05) is 16.1 Å². The standard InChI is InChI=1S/C16H13BrN4O2S/c1-9-12(6-18)15(23)21-16(13(9)7-19)24-8-14(22)20-11-4-2-10(17)3-5-11/h2-5,9,12H,8H2,1H3,(H,20,22)(H,21,23)/t9-,12+/m0/s1. The van der Waals surface area contributed by atoms with E-state index in [4.69, 9.17) is 5.26 Å². The van der Waals surface area contributed by atoms with E-state index >= 15 is 0 Å². The fourth-order valence-corrected chi connectivity index (χ4v) is 3.33. The highest BCUT2D eigenvalue weighted by Crippen LogP contribution is 2.31. The molecule has 6 nitrogen and oxygen atoms in total. The van der Waals surface area contributed by atoms with Crippen molar-refractivity contribution >= 4 is 45.2 Å². The van der Waals surface area contributed by atoms with Gasteiger partial charge in [-0.2, -0.15) is 10.5 Å². The number of hydrogen-bond donors (Lipinski definition) is 2. The minimum absolute atomic E-state index is 0.0425. The zero-order valence-electron chi connectivity index (χ0n) is 12.7. The molecule has 2 atom stereocenters. The lowest BCUT2D eigenvalue weighted by Crippen LogP contribution is -2.39. The molecule has 0 aromatic heterocycles. The summed E-state index contributed by atoms with van der Waals surface area (Å²) in [5.74, 6) is -2.04. The molecule has 8 heteroatoms. The fraction of sp³-hybridized carbons (Fsp3) is 0.250. The molecule has 0 bridgehead atoms. The molecule has 0 saturated carbocycles. The van der Waals surface area contributed by atoms with Gasteiger partial charge >= 0.3 is 0 Å². The van der Waals surface area contributed by atoms with E-state index in [9.17, 15) is 14.9 Å². The highest BCUT2D eigenvalue weighted by atomic mass is 79.9. The Labute approximate surface area is 152 Å². The number of nitriles is 2. The molecule has 2 amide bonds. The second kappa shape index (κ2) is 8.00. The number of thioether (sulfide) groups is 1. The molecule has 0 radical (unpaired) electrons. The Balaban J connectivity index is 2.03. The molecule has 0 fully saturated rings. The molecular weight excluding hydrogens is 392 g/mol. The lowest BCUT2D eigenvalue weighted by molar-refractivity contribution is -0.124. The quantitative estimate of drug-likeness (QED) is 0.802. The third-order valence-electron chi connectivity index (χ3n) is 3.45. The monoisotopic (exact) mass is 404 g/mol. The van der Waals surface area contributed by atoms with Crippen molar-refractivity contribution in [2.45, 2.75) is 6.92 Å². The van der Waals surface area contributed by atoms with Gasteiger partial charge in [0.1, 0.15) is 5.92 Å². The lowest BCUT2D eigenvalue weighted by atomic mass is 9.86. The number of amides is 2. The average molecular weight is 405 g/mol. The van der Waals surface area contributed by atoms with Crippen LogP contribution in [0.2, 0.25) is 0 Å². The summed E-state index contributed by atoms with van der Waals surface area (Å²) in [6.07, 6.45) is 0. The number of hydrogen-bond acceptors (Lipinski definition) is 5. The molecule has 1 aliphatic rings. The van der Waals surface area contributed by atoms with Crippen molar-refractivity contribution < 1.29 is 9.59 Å². The van der Waals surface area contributed by atoms with Crippen LogP contribution in [0.25, 0.3) is 0 Å². The van der Waals surface area contributed by atoms with E-state index < -0.39 is 17.7 Å². The van der Waals surface area contributed by atoms with E-state index in [0.29, 0.717) is 16.3 Å². The fourth-order valence-electron chi connectivity index (χ4n) is 2.16. The summed E-state index contributed by atoms with van der Waals surface area (Å²) in [7, 11) is 0. The largest absolute Gasteiger partial charge is 0.325 e. The predicted molar refractivity (Wildman–Crippen MR) is 94.3 cm³/mol. The summed E-state index contributed by atoms with van der Waals surface area (Å²) < 4.78 is 0.907. The highest BCUT2D eigenvalue weighted by molar-refractivity contribution is 9.10. The van der Waals surface area contributed by atoms with E-state index in [1.807, 2.05) is 24.3 Å². The van der Waals surface area contributed by atoms with Crippen LogP contribution < -0.4 is 10.6 Å². The van der Waals surface area contributed by atoms with Crippen molar-refractivity contribution in [3.05, 3.63) is 39.3 Å². The molecule has 2 N–H and O–H groups in total. The number of allylic oxidation sites excluding steroid dienone is 1. The lowest BCUT2D eigenvalue weighted by Gasteiger charge is -2.25. The van der Waals surface area contributed by atoms with Crippen molar-refractivity contribution in [1.29, 1.82) is 10.5 Å². The van der Waals surface area contributed by atoms with E-state index in [1.165, 1.54) is 0 Å². The van der Waals surface area contributed by atoms with Crippen LogP contribution in [-0.4, -0.2) is 17.6 Å². The van der Waals surface area contributed by atoms with Crippen molar-refractivity contribution in [3.8, 4) is 12.1 Å². The van der Waals surface area contributed by atoms with Crippen molar-refractivity contribution in [2.24, 2.45) is 11.8 Å². The van der Waals surface area contributed by atoms with Crippen LogP contribution in [0.4, 0.5) is 5.69 Å². The van der Waals surface area contributed by atoms with Crippen molar-refractivity contribution in [3.63, 3.8) is 0 Å². The van der Waals surface area contributed by atoms with Gasteiger partial charge in [-0.3, -0.25) is 9.59 Å². The number of halogens is 1. The third-order valence-corrected chi connectivity index (χ3v) is 5.00. The summed E-state index contributed by atoms with van der Waals surface area (Å²) in [6, 6.07) is 11.1. The number of nitrogens with zero attached hydrogens (tertiary/aromatic N) is 2. The second-order valence-corrected chi connectivity index (χ2v) is 6.98. The summed E-state index contributed by atoms with van der Waals surface area (Å²) in [5, 5.41) is 23.9. The van der Waals surface area contributed by atoms with E-state index in [-0.39, 0.29) is 11.7 Å². The first kappa shape index (κ1) is 18.1. The van der Waals surface area contributed by atoms with Crippen molar-refractivity contribution in [2.75, 3.05) is 11.1 Å². The smallest absolute Gasteiger partial charge is 0.242 e. The molecule has 1 aliphatic heterocycles. The molecule has 1 aromatic carbocycles. The number of nitrogens with one attached hydrogen (secondary N) is 2. The first-order chi connectivity index (χ1) is 11.5. The zero-order chi connectivity index (χ0) is 17.7. The van der Waals surface area contributed by atoms with Gasteiger partial charge in [0.15, 0.2) is 0 Å². The van der Waals surface area contributed by atoms with Crippen LogP contribution in [0.15, 0.2) is 39.3 Å². The molecule has 122 valence electrons. The van der Waals surface area contributed by atoms with E-state index in [0.717, 1.165) is 16.2 Å². The number of carbonyl (C=O) groups excluding carboxylic acids is 2. The normalized spacial score (nSPS) is 19.9. The highest BCUT2D eigenvalue weighted by Gasteiger charge is 2.35. The summed E-state index contributed by atoms with van der Waals surface area (Å²) in [6.45, 7) is 1.66. The first-order valence-electron chi connectivity index (χ1n) is 6.99. The van der Waals surface area contributed by atoms with Crippen LogP contribution in [0.1, 0.15) is 6.92 Å². The Bertz CT molecular complexity index is 777. The first-order valence-corrected chi connectivity index (χ1v) is 8.77. The van der Waals surface area contributed by atoms with Crippen LogP contribution in [0, 0.1) is 34.5 Å². The molecule has 1 heterocycles. The van der Waals surface area contributed by atoms with E-state index in [1.54, 1.807) is 19.1 Å². The van der Waals surface area contributed by atoms with Gasteiger partial charge in [-0.15, -0.1) is 0 Å². The van der Waals surface area contributed by atoms with Gasteiger partial charge in [-0.05, 0) is 24.3 Å². The molecule has 0 saturated heterocycles. The Kier molecular flexibility index (Phi) is 6.02. The summed E-state index contributed by atoms with van der Waals surface area (Å²) in [5.41, 5.74) is 0.978. The van der Waals surface area contributed by atoms with Crippen LogP contribution >= 0.6 is 27.7 Å². The van der Waals surface area contributed by atoms with Gasteiger partial charge in [-0.25, -0.2) is 0 Å². The van der Waals surface area contributed by atoms with E-state index in [2.05, 4.69) is 26.6 Å². The summed E-state index contributed by atoms with van der Waals surface area (Å²) >= 11 is 4.39. The maximum absolute atomic E-state index is 12.0. The molecular formula is C16H13BrN4O2S. The SMILES string of the molecule is C[C@@H]1C(C#N)=C(SCC(=O)Nc2ccc(Br)cc2)NC(=O)[C@@H]1C#N. The zero-order valence-corrected chi connectivity index (χ0v) is 15.1. The summed E-state index contributed by atoms with van der Waals surface area (Å²) in [4.78, 5) is 23.9. The van der Waals surface area contributed by atoms with Crippen molar-refractivity contribution in [1.82, 2.24) is 5.32 Å². The van der Waals surface area contributed by atoms with Crippen LogP contribution in [0.5, 0.6) is 0 Å². The minimum atomic E-state index is -0.888. The molecule has 24 heavy (non-hydrogen) atoms. The van der Waals surface area contributed by atoms with Gasteiger partial charge in [0.05, 0.1) is 28.5 Å². The van der Waals surface area contributed by atoms with Crippen LogP contribution in [-0.2, 0) is 9.59 Å². The topological polar surface area (TPSA) is 106 Å². The maximum atomic E-state index is 12.0. The molecule has 0 unspecified atom stereocenters. The van der Waals surface area contributed by atoms with Gasteiger partial charge in [0.25, 0.3) is 0 Å². The van der Waals surface area contributed by atoms with Crippen LogP contribution in [0.3, 0.4) is 0 Å². The number of rotatable bonds is 4. The number of anilines is 1. The number of benzene rings is 1. The molecule has 1 aromatic rings. The maximum Gasteiger partial charge on any atom is 0.242 e. The van der Waals surface area contributed by atoms with Gasteiger partial charge < -0.3 is 10.6 Å². The predicted octanol–water partition coefficient (Wildman–Crippen LogP) is 2.76.